The Bertz CT molecular complexity index is 542. The van der Waals surface area contributed by atoms with Crippen LogP contribution in [0.15, 0.2) is 52.1 Å². The van der Waals surface area contributed by atoms with E-state index in [1.54, 1.807) is 23.1 Å². The molecule has 3 nitrogen and oxygen atoms in total. The van der Waals surface area contributed by atoms with Crippen molar-refractivity contribution in [2.45, 2.75) is 16.2 Å². The molecule has 0 radical (unpaired) electrons. The average molecular weight is 307 g/mol. The van der Waals surface area contributed by atoms with Gasteiger partial charge in [-0.25, -0.2) is 4.79 Å². The largest absolute Gasteiger partial charge is 0.467 e. The zero-order valence-electron chi connectivity index (χ0n) is 11.2. The van der Waals surface area contributed by atoms with Crippen LogP contribution < -0.4 is 5.73 Å². The Morgan fingerprint density at radius 3 is 2.65 bits per heavy atom. The highest BCUT2D eigenvalue weighted by atomic mass is 32.2. The zero-order valence-corrected chi connectivity index (χ0v) is 12.9. The first-order valence-corrected chi connectivity index (χ1v) is 8.12. The Morgan fingerprint density at radius 1 is 1.30 bits per heavy atom. The van der Waals surface area contributed by atoms with Gasteiger partial charge in [-0.2, -0.15) is 0 Å². The van der Waals surface area contributed by atoms with Crippen molar-refractivity contribution in [2.24, 2.45) is 5.73 Å². The van der Waals surface area contributed by atoms with Crippen LogP contribution in [0.3, 0.4) is 0 Å². The fraction of sp³-hybridized carbons (Fsp3) is 0.267. The van der Waals surface area contributed by atoms with Gasteiger partial charge in [-0.15, -0.1) is 23.1 Å². The summed E-state index contributed by atoms with van der Waals surface area (Å²) in [6.07, 6.45) is 0.534. The molecule has 2 aromatic rings. The second-order valence-electron chi connectivity index (χ2n) is 4.36. The molecule has 1 aromatic carbocycles. The predicted molar refractivity (Wildman–Crippen MR) is 84.0 cm³/mol. The van der Waals surface area contributed by atoms with Crippen LogP contribution in [-0.2, 0) is 15.1 Å². The molecule has 0 saturated heterocycles. The first-order chi connectivity index (χ1) is 9.66. The topological polar surface area (TPSA) is 52.3 Å². The number of methoxy groups -OCH3 is 1. The Labute approximate surface area is 127 Å². The molecule has 106 valence electrons. The number of esters is 1. The minimum absolute atomic E-state index is 0.393. The molecule has 0 aliphatic carbocycles. The van der Waals surface area contributed by atoms with Crippen LogP contribution in [0.25, 0.3) is 0 Å². The molecular weight excluding hydrogens is 290 g/mol. The molecule has 1 aromatic heterocycles. The van der Waals surface area contributed by atoms with Crippen molar-refractivity contribution in [1.82, 2.24) is 0 Å². The summed E-state index contributed by atoms with van der Waals surface area (Å²) in [4.78, 5) is 12.1. The maximum Gasteiger partial charge on any atom is 0.330 e. The normalized spacial score (nSPS) is 13.7. The SMILES string of the molecule is COC(=O)C(N)(CCSc1cccs1)c1ccccc1. The van der Waals surface area contributed by atoms with Crippen LogP contribution in [0.4, 0.5) is 0 Å². The molecule has 0 saturated carbocycles. The van der Waals surface area contributed by atoms with Crippen molar-refractivity contribution in [1.29, 1.82) is 0 Å². The third-order valence-electron chi connectivity index (χ3n) is 3.07. The smallest absolute Gasteiger partial charge is 0.330 e. The summed E-state index contributed by atoms with van der Waals surface area (Å²) in [6.45, 7) is 0. The molecule has 0 aliphatic rings. The van der Waals surface area contributed by atoms with E-state index in [-0.39, 0.29) is 0 Å². The highest BCUT2D eigenvalue weighted by Crippen LogP contribution is 2.30. The molecule has 2 rings (SSSR count). The van der Waals surface area contributed by atoms with Gasteiger partial charge in [-0.1, -0.05) is 36.4 Å². The third kappa shape index (κ3) is 3.42. The number of nitrogens with two attached hydrogens (primary N) is 1. The molecule has 2 N–H and O–H groups in total. The van der Waals surface area contributed by atoms with Crippen LogP contribution in [0.1, 0.15) is 12.0 Å². The second kappa shape index (κ2) is 6.92. The van der Waals surface area contributed by atoms with Crippen LogP contribution in [-0.4, -0.2) is 18.8 Å². The molecule has 20 heavy (non-hydrogen) atoms. The van der Waals surface area contributed by atoms with E-state index in [0.29, 0.717) is 6.42 Å². The Kier molecular flexibility index (Phi) is 5.23. The van der Waals surface area contributed by atoms with E-state index in [1.807, 2.05) is 41.8 Å². The van der Waals surface area contributed by atoms with E-state index in [0.717, 1.165) is 11.3 Å². The maximum absolute atomic E-state index is 12.1. The van der Waals surface area contributed by atoms with Gasteiger partial charge >= 0.3 is 5.97 Å². The van der Waals surface area contributed by atoms with Gasteiger partial charge in [-0.05, 0) is 23.4 Å². The van der Waals surface area contributed by atoms with Gasteiger partial charge in [0.15, 0.2) is 0 Å². The minimum atomic E-state index is -1.08. The molecule has 0 amide bonds. The lowest BCUT2D eigenvalue weighted by Crippen LogP contribution is -2.46. The summed E-state index contributed by atoms with van der Waals surface area (Å²) < 4.78 is 6.11. The summed E-state index contributed by atoms with van der Waals surface area (Å²) in [5.74, 6) is 0.372. The predicted octanol–water partition coefficient (Wildman–Crippen LogP) is 3.26. The van der Waals surface area contributed by atoms with Crippen molar-refractivity contribution in [2.75, 3.05) is 12.9 Å². The second-order valence-corrected chi connectivity index (χ2v) is 6.70. The summed E-state index contributed by atoms with van der Waals surface area (Å²) in [5, 5.41) is 2.04. The van der Waals surface area contributed by atoms with Gasteiger partial charge in [0.1, 0.15) is 5.54 Å². The standard InChI is InChI=1S/C15H17NO2S2/c1-18-14(17)15(16,12-6-3-2-4-7-12)9-11-20-13-8-5-10-19-13/h2-8,10H,9,11,16H2,1H3. The van der Waals surface area contributed by atoms with Crippen LogP contribution in [0, 0.1) is 0 Å². The summed E-state index contributed by atoms with van der Waals surface area (Å²) in [7, 11) is 1.37. The molecule has 1 heterocycles. The van der Waals surface area contributed by atoms with Gasteiger partial charge in [0, 0.05) is 5.75 Å². The van der Waals surface area contributed by atoms with Crippen molar-refractivity contribution in [3.8, 4) is 0 Å². The quantitative estimate of drug-likeness (QED) is 0.657. The lowest BCUT2D eigenvalue weighted by atomic mass is 9.88. The summed E-state index contributed by atoms with van der Waals surface area (Å²) in [6, 6.07) is 13.5. The number of carbonyl (C=O) groups excluding carboxylic acids is 1. The number of hydrogen-bond donors (Lipinski definition) is 1. The van der Waals surface area contributed by atoms with Crippen LogP contribution in [0.5, 0.6) is 0 Å². The third-order valence-corrected chi connectivity index (χ3v) is 5.21. The molecule has 0 bridgehead atoms. The number of thioether (sulfide) groups is 1. The first-order valence-electron chi connectivity index (χ1n) is 6.26. The van der Waals surface area contributed by atoms with Gasteiger partial charge in [-0.3, -0.25) is 0 Å². The molecule has 0 fully saturated rings. The van der Waals surface area contributed by atoms with Gasteiger partial charge in [0.2, 0.25) is 0 Å². The molecular formula is C15H17NO2S2. The monoisotopic (exact) mass is 307 g/mol. The fourth-order valence-corrected chi connectivity index (χ4v) is 3.88. The Hall–Kier alpha value is -1.30. The summed E-state index contributed by atoms with van der Waals surface area (Å²) in [5.41, 5.74) is 6.04. The van der Waals surface area contributed by atoms with Gasteiger partial charge < -0.3 is 10.5 Å². The number of benzene rings is 1. The van der Waals surface area contributed by atoms with E-state index in [1.165, 1.54) is 11.3 Å². The van der Waals surface area contributed by atoms with Gasteiger partial charge in [0.05, 0.1) is 11.3 Å². The highest BCUT2D eigenvalue weighted by molar-refractivity contribution is 8.01. The number of thiophene rings is 1. The van der Waals surface area contributed by atoms with E-state index in [2.05, 4.69) is 6.07 Å². The van der Waals surface area contributed by atoms with Crippen LogP contribution in [0.2, 0.25) is 0 Å². The number of carbonyl (C=O) groups is 1. The lowest BCUT2D eigenvalue weighted by Gasteiger charge is -2.26. The molecule has 1 unspecified atom stereocenters. The fourth-order valence-electron chi connectivity index (χ4n) is 1.94. The van der Waals surface area contributed by atoms with E-state index >= 15 is 0 Å². The highest BCUT2D eigenvalue weighted by Gasteiger charge is 2.36. The minimum Gasteiger partial charge on any atom is -0.467 e. The zero-order chi connectivity index (χ0) is 14.4. The van der Waals surface area contributed by atoms with E-state index in [9.17, 15) is 4.79 Å². The lowest BCUT2D eigenvalue weighted by molar-refractivity contribution is -0.147. The molecule has 0 aliphatic heterocycles. The Balaban J connectivity index is 2.09. The number of hydrogen-bond acceptors (Lipinski definition) is 5. The molecule has 0 spiro atoms. The van der Waals surface area contributed by atoms with Crippen molar-refractivity contribution in [3.05, 3.63) is 53.4 Å². The van der Waals surface area contributed by atoms with Crippen molar-refractivity contribution in [3.63, 3.8) is 0 Å². The maximum atomic E-state index is 12.1. The molecule has 5 heteroatoms. The molecule has 1 atom stereocenters. The number of rotatable bonds is 6. The Morgan fingerprint density at radius 2 is 2.05 bits per heavy atom. The van der Waals surface area contributed by atoms with Crippen LogP contribution >= 0.6 is 23.1 Å². The number of ether oxygens (including phenoxy) is 1. The van der Waals surface area contributed by atoms with E-state index in [4.69, 9.17) is 10.5 Å². The first kappa shape index (κ1) is 15.1. The van der Waals surface area contributed by atoms with Crippen molar-refractivity contribution >= 4 is 29.1 Å². The van der Waals surface area contributed by atoms with Gasteiger partial charge in [0.25, 0.3) is 0 Å². The summed E-state index contributed by atoms with van der Waals surface area (Å²) >= 11 is 3.40. The van der Waals surface area contributed by atoms with Crippen molar-refractivity contribution < 1.29 is 9.53 Å². The van der Waals surface area contributed by atoms with E-state index < -0.39 is 11.5 Å². The average Bonchev–Trinajstić information content (AvgIpc) is 3.00.